The first-order valence-electron chi connectivity index (χ1n) is 8.57. The summed E-state index contributed by atoms with van der Waals surface area (Å²) in [7, 11) is 0. The van der Waals surface area contributed by atoms with E-state index in [4.69, 9.17) is 4.42 Å². The van der Waals surface area contributed by atoms with Crippen LogP contribution in [0.1, 0.15) is 15.9 Å². The molecule has 0 bridgehead atoms. The molecule has 4 aromatic rings. The van der Waals surface area contributed by atoms with Crippen molar-refractivity contribution >= 4 is 11.9 Å². The quantitative estimate of drug-likeness (QED) is 0.409. The van der Waals surface area contributed by atoms with Crippen LogP contribution in [-0.2, 0) is 0 Å². The largest absolute Gasteiger partial charge is 0.508 e. The molecule has 0 fully saturated rings. The summed E-state index contributed by atoms with van der Waals surface area (Å²) in [5.41, 5.74) is 1.95. The number of imidazole rings is 1. The third-order valence-electron chi connectivity index (χ3n) is 4.21. The van der Waals surface area contributed by atoms with Gasteiger partial charge in [-0.05, 0) is 48.0 Å². The Balaban J connectivity index is 1.61. The highest BCUT2D eigenvalue weighted by Crippen LogP contribution is 2.18. The van der Waals surface area contributed by atoms with Gasteiger partial charge in [0.2, 0.25) is 0 Å². The number of hydrogen-bond donors (Lipinski definition) is 2. The molecular formula is C22H16N2O4. The zero-order valence-corrected chi connectivity index (χ0v) is 14.7. The van der Waals surface area contributed by atoms with Crippen LogP contribution >= 0.6 is 0 Å². The molecule has 0 unspecified atom stereocenters. The summed E-state index contributed by atoms with van der Waals surface area (Å²) in [6, 6.07) is 16.9. The van der Waals surface area contributed by atoms with E-state index in [9.17, 15) is 14.7 Å². The minimum Gasteiger partial charge on any atom is -0.508 e. The van der Waals surface area contributed by atoms with Crippen LogP contribution in [0.3, 0.4) is 0 Å². The summed E-state index contributed by atoms with van der Waals surface area (Å²) in [5.74, 6) is 0.480. The molecule has 138 valence electrons. The van der Waals surface area contributed by atoms with E-state index in [0.717, 1.165) is 5.56 Å². The summed E-state index contributed by atoms with van der Waals surface area (Å²) in [4.78, 5) is 27.5. The molecule has 2 aromatic carbocycles. The molecular weight excluding hydrogens is 356 g/mol. The summed E-state index contributed by atoms with van der Waals surface area (Å²) in [6.07, 6.45) is 6.23. The third kappa shape index (κ3) is 3.57. The number of nitrogens with zero attached hydrogens (tertiary/aromatic N) is 1. The monoisotopic (exact) mass is 372 g/mol. The fraction of sp³-hybridized carbons (Fsp3) is 0. The number of phenols is 1. The summed E-state index contributed by atoms with van der Waals surface area (Å²) in [6.45, 7) is 0. The highest BCUT2D eigenvalue weighted by molar-refractivity contribution is 6.07. The van der Waals surface area contributed by atoms with Gasteiger partial charge in [0.15, 0.2) is 11.5 Å². The number of aromatic hydroxyl groups is 1. The van der Waals surface area contributed by atoms with Crippen LogP contribution in [0.25, 0.3) is 23.2 Å². The maximum Gasteiger partial charge on any atom is 0.330 e. The Morgan fingerprint density at radius 2 is 1.93 bits per heavy atom. The Bertz CT molecular complexity index is 1210. The smallest absolute Gasteiger partial charge is 0.330 e. The third-order valence-corrected chi connectivity index (χ3v) is 4.21. The number of hydrogen-bond acceptors (Lipinski definition) is 4. The van der Waals surface area contributed by atoms with Gasteiger partial charge in [-0.1, -0.05) is 30.3 Å². The van der Waals surface area contributed by atoms with Crippen molar-refractivity contribution in [2.75, 3.05) is 0 Å². The summed E-state index contributed by atoms with van der Waals surface area (Å²) >= 11 is 0. The number of rotatable bonds is 5. The van der Waals surface area contributed by atoms with Gasteiger partial charge in [0.1, 0.15) is 11.4 Å². The second-order valence-electron chi connectivity index (χ2n) is 6.16. The molecule has 0 spiro atoms. The average molecular weight is 372 g/mol. The van der Waals surface area contributed by atoms with Crippen LogP contribution < -0.4 is 5.69 Å². The normalized spacial score (nSPS) is 11.1. The number of phenolic OH excluding ortho intramolecular Hbond substituents is 1. The number of aromatic nitrogens is 2. The highest BCUT2D eigenvalue weighted by atomic mass is 16.3. The number of carbonyl (C=O) groups is 1. The number of nitrogens with one attached hydrogen (secondary N) is 1. The predicted molar refractivity (Wildman–Crippen MR) is 106 cm³/mol. The molecule has 2 aromatic heterocycles. The maximum atomic E-state index is 12.5. The zero-order chi connectivity index (χ0) is 19.5. The van der Waals surface area contributed by atoms with Crippen LogP contribution in [0, 0.1) is 0 Å². The van der Waals surface area contributed by atoms with Gasteiger partial charge >= 0.3 is 5.69 Å². The number of furan rings is 1. The topological polar surface area (TPSA) is 88.2 Å². The van der Waals surface area contributed by atoms with Crippen LogP contribution in [-0.4, -0.2) is 20.4 Å². The lowest BCUT2D eigenvalue weighted by Crippen LogP contribution is -2.14. The number of aromatic amines is 1. The number of carbonyl (C=O) groups excluding carboxylic acids is 1. The molecule has 6 nitrogen and oxygen atoms in total. The molecule has 0 atom stereocenters. The van der Waals surface area contributed by atoms with Gasteiger partial charge in [-0.15, -0.1) is 0 Å². The lowest BCUT2D eigenvalue weighted by atomic mass is 10.1. The maximum absolute atomic E-state index is 12.5. The molecule has 0 saturated heterocycles. The van der Waals surface area contributed by atoms with Crippen LogP contribution in [0.5, 0.6) is 5.75 Å². The Labute approximate surface area is 160 Å². The molecule has 2 heterocycles. The summed E-state index contributed by atoms with van der Waals surface area (Å²) < 4.78 is 6.73. The van der Waals surface area contributed by atoms with E-state index in [2.05, 4.69) is 4.98 Å². The first kappa shape index (κ1) is 17.4. The van der Waals surface area contributed by atoms with Gasteiger partial charge in [-0.3, -0.25) is 9.36 Å². The van der Waals surface area contributed by atoms with Gasteiger partial charge in [-0.2, -0.15) is 0 Å². The molecule has 4 rings (SSSR count). The molecule has 0 aliphatic heterocycles. The van der Waals surface area contributed by atoms with Crippen molar-refractivity contribution < 1.29 is 14.3 Å². The number of ketones is 1. The van der Waals surface area contributed by atoms with Crippen LogP contribution in [0.2, 0.25) is 0 Å². The van der Waals surface area contributed by atoms with Gasteiger partial charge < -0.3 is 14.5 Å². The molecule has 0 aliphatic carbocycles. The van der Waals surface area contributed by atoms with Crippen molar-refractivity contribution in [2.45, 2.75) is 0 Å². The minimum absolute atomic E-state index is 0.135. The highest BCUT2D eigenvalue weighted by Gasteiger charge is 2.10. The molecule has 0 saturated carbocycles. The van der Waals surface area contributed by atoms with Gasteiger partial charge in [0.05, 0.1) is 12.0 Å². The second-order valence-corrected chi connectivity index (χ2v) is 6.16. The lowest BCUT2D eigenvalue weighted by molar-refractivity contribution is 0.104. The molecule has 0 aliphatic rings. The van der Waals surface area contributed by atoms with E-state index < -0.39 is 0 Å². The van der Waals surface area contributed by atoms with E-state index in [1.54, 1.807) is 72.9 Å². The van der Waals surface area contributed by atoms with Crippen molar-refractivity contribution in [1.29, 1.82) is 0 Å². The standard InChI is InChI=1S/C22H16N2O4/c25-18-7-1-4-15(12-18)9-10-20(26)16-5-2-6-17(13-16)24-14-19(23-22(24)27)21-8-3-11-28-21/h1-14,25H,(H,23,27)/b10-9+. The minimum atomic E-state index is -0.327. The molecule has 6 heteroatoms. The lowest BCUT2D eigenvalue weighted by Gasteiger charge is -2.03. The summed E-state index contributed by atoms with van der Waals surface area (Å²) in [5, 5.41) is 9.49. The fourth-order valence-electron chi connectivity index (χ4n) is 2.85. The van der Waals surface area contributed by atoms with Crippen molar-refractivity contribution in [3.05, 3.63) is 101 Å². The van der Waals surface area contributed by atoms with E-state index >= 15 is 0 Å². The number of H-pyrrole nitrogens is 1. The molecule has 0 radical (unpaired) electrons. The predicted octanol–water partition coefficient (Wildman–Crippen LogP) is 4.03. The first-order valence-corrected chi connectivity index (χ1v) is 8.57. The number of allylic oxidation sites excluding steroid dienone is 1. The number of benzene rings is 2. The second kappa shape index (κ2) is 7.28. The SMILES string of the molecule is O=C(/C=C/c1cccc(O)c1)c1cccc(-n2cc(-c3ccco3)[nH]c2=O)c1. The Hall–Kier alpha value is -4.06. The molecule has 2 N–H and O–H groups in total. The van der Waals surface area contributed by atoms with Crippen molar-refractivity contribution in [3.63, 3.8) is 0 Å². The van der Waals surface area contributed by atoms with E-state index in [-0.39, 0.29) is 17.2 Å². The molecule has 0 amide bonds. The Kier molecular flexibility index (Phi) is 4.51. The average Bonchev–Trinajstić information content (AvgIpc) is 3.36. The Morgan fingerprint density at radius 3 is 2.71 bits per heavy atom. The van der Waals surface area contributed by atoms with Crippen LogP contribution in [0.4, 0.5) is 0 Å². The van der Waals surface area contributed by atoms with Gasteiger partial charge in [0.25, 0.3) is 0 Å². The first-order chi connectivity index (χ1) is 13.6. The van der Waals surface area contributed by atoms with E-state index in [1.165, 1.54) is 16.9 Å². The van der Waals surface area contributed by atoms with Crippen LogP contribution in [0.15, 0.2) is 88.4 Å². The molecule has 28 heavy (non-hydrogen) atoms. The van der Waals surface area contributed by atoms with E-state index in [1.807, 2.05) is 0 Å². The fourth-order valence-corrected chi connectivity index (χ4v) is 2.85. The van der Waals surface area contributed by atoms with Crippen molar-refractivity contribution in [3.8, 4) is 22.9 Å². The van der Waals surface area contributed by atoms with Crippen molar-refractivity contribution in [2.24, 2.45) is 0 Å². The zero-order valence-electron chi connectivity index (χ0n) is 14.7. The van der Waals surface area contributed by atoms with Gasteiger partial charge in [-0.25, -0.2) is 4.79 Å². The van der Waals surface area contributed by atoms with E-state index in [0.29, 0.717) is 22.7 Å². The Morgan fingerprint density at radius 1 is 1.07 bits per heavy atom. The van der Waals surface area contributed by atoms with Gasteiger partial charge in [0, 0.05) is 11.8 Å². The van der Waals surface area contributed by atoms with Crippen molar-refractivity contribution in [1.82, 2.24) is 9.55 Å².